The first-order chi connectivity index (χ1) is 13.3. The first kappa shape index (κ1) is 26.4. The number of rotatable bonds is 7. The first-order valence-corrected chi connectivity index (χ1v) is 9.30. The lowest BCUT2D eigenvalue weighted by molar-refractivity contribution is 0.0933. The standard InChI is InChI=1S/C12H13NO2.C11H15NO.ClH/c1-9(2)11(13-8-14)12(15)10-6-4-3-5-7-10;1-8(2)10(12)11(13)9-6-4-3-5-7-9;/h3-7,9,11H,1-2H3;3-8,10H,12H2,1-2H3;1H/t11-;10-;/m00./s1. The average molecular weight is 417 g/mol. The molecule has 0 heterocycles. The molecule has 2 aromatic rings. The van der Waals surface area contributed by atoms with Gasteiger partial charge in [-0.05, 0) is 11.8 Å². The lowest BCUT2D eigenvalue weighted by Gasteiger charge is -2.13. The number of hydrogen-bond acceptors (Lipinski definition) is 5. The van der Waals surface area contributed by atoms with Gasteiger partial charge in [0.1, 0.15) is 6.04 Å². The number of ketones is 2. The molecule has 0 saturated carbocycles. The van der Waals surface area contributed by atoms with Crippen LogP contribution in [-0.2, 0) is 4.79 Å². The van der Waals surface area contributed by atoms with Crippen LogP contribution in [-0.4, -0.2) is 29.7 Å². The molecule has 0 fully saturated rings. The summed E-state index contributed by atoms with van der Waals surface area (Å²) in [5.74, 6) is 0.0800. The number of carbonyl (C=O) groups is 2. The molecule has 0 spiro atoms. The van der Waals surface area contributed by atoms with E-state index in [9.17, 15) is 14.4 Å². The van der Waals surface area contributed by atoms with Crippen LogP contribution in [0.25, 0.3) is 0 Å². The number of nitrogens with two attached hydrogens (primary N) is 1. The number of benzene rings is 2. The van der Waals surface area contributed by atoms with Gasteiger partial charge in [-0.15, -0.1) is 12.4 Å². The number of isocyanates is 1. The zero-order valence-corrected chi connectivity index (χ0v) is 18.1. The van der Waals surface area contributed by atoms with Gasteiger partial charge in [0, 0.05) is 11.1 Å². The number of nitrogens with zero attached hydrogens (tertiary/aromatic N) is 1. The molecule has 0 aliphatic carbocycles. The summed E-state index contributed by atoms with van der Waals surface area (Å²) in [6.07, 6.45) is 1.45. The number of Topliss-reactive ketones (excluding diaryl/α,β-unsaturated/α-hetero) is 2. The number of halogens is 1. The summed E-state index contributed by atoms with van der Waals surface area (Å²) in [6, 6.07) is 17.0. The highest BCUT2D eigenvalue weighted by atomic mass is 35.5. The van der Waals surface area contributed by atoms with E-state index in [1.165, 1.54) is 6.08 Å². The van der Waals surface area contributed by atoms with E-state index in [0.29, 0.717) is 11.1 Å². The second kappa shape index (κ2) is 13.6. The van der Waals surface area contributed by atoms with Gasteiger partial charge in [-0.3, -0.25) is 9.59 Å². The van der Waals surface area contributed by atoms with Crippen molar-refractivity contribution in [3.05, 3.63) is 71.8 Å². The van der Waals surface area contributed by atoms with Crippen LogP contribution in [0.5, 0.6) is 0 Å². The Labute approximate surface area is 178 Å². The minimum absolute atomic E-state index is 0. The van der Waals surface area contributed by atoms with Crippen molar-refractivity contribution in [1.29, 1.82) is 0 Å². The van der Waals surface area contributed by atoms with Crippen LogP contribution in [0.2, 0.25) is 0 Å². The Hall–Kier alpha value is -2.59. The molecule has 6 heteroatoms. The SMILES string of the molecule is CC(C)[C@H](N)C(=O)c1ccccc1.CC(C)[C@H](N=C=O)C(=O)c1ccccc1.Cl. The van der Waals surface area contributed by atoms with Gasteiger partial charge in [-0.1, -0.05) is 88.4 Å². The summed E-state index contributed by atoms with van der Waals surface area (Å²) in [4.78, 5) is 37.3. The number of hydrogen-bond donors (Lipinski definition) is 1. The molecular formula is C23H29ClN2O3. The summed E-state index contributed by atoms with van der Waals surface area (Å²) in [5, 5.41) is 0. The van der Waals surface area contributed by atoms with Crippen LogP contribution in [0, 0.1) is 11.8 Å². The van der Waals surface area contributed by atoms with Crippen molar-refractivity contribution >= 4 is 30.1 Å². The predicted molar refractivity (Wildman–Crippen MR) is 118 cm³/mol. The van der Waals surface area contributed by atoms with Crippen molar-refractivity contribution in [2.24, 2.45) is 22.6 Å². The van der Waals surface area contributed by atoms with E-state index in [2.05, 4.69) is 4.99 Å². The molecule has 2 atom stereocenters. The maximum absolute atomic E-state index is 11.9. The molecule has 0 aliphatic rings. The van der Waals surface area contributed by atoms with Crippen molar-refractivity contribution in [1.82, 2.24) is 0 Å². The van der Waals surface area contributed by atoms with Gasteiger partial charge < -0.3 is 5.73 Å². The Morgan fingerprint density at radius 2 is 1.21 bits per heavy atom. The zero-order chi connectivity index (χ0) is 21.1. The van der Waals surface area contributed by atoms with E-state index in [1.807, 2.05) is 52.0 Å². The maximum atomic E-state index is 11.9. The lowest BCUT2D eigenvalue weighted by atomic mass is 9.96. The molecule has 0 unspecified atom stereocenters. The Balaban J connectivity index is 0.000000527. The average Bonchev–Trinajstić information content (AvgIpc) is 2.71. The third kappa shape index (κ3) is 8.53. The largest absolute Gasteiger partial charge is 0.321 e. The summed E-state index contributed by atoms with van der Waals surface area (Å²) in [6.45, 7) is 7.61. The van der Waals surface area contributed by atoms with Crippen LogP contribution in [0.15, 0.2) is 65.7 Å². The fourth-order valence-electron chi connectivity index (χ4n) is 2.44. The van der Waals surface area contributed by atoms with E-state index in [4.69, 9.17) is 5.73 Å². The molecule has 29 heavy (non-hydrogen) atoms. The monoisotopic (exact) mass is 416 g/mol. The Morgan fingerprint density at radius 3 is 1.55 bits per heavy atom. The minimum Gasteiger partial charge on any atom is -0.321 e. The molecule has 156 valence electrons. The third-order valence-electron chi connectivity index (χ3n) is 4.23. The van der Waals surface area contributed by atoms with Crippen LogP contribution < -0.4 is 5.73 Å². The molecule has 2 N–H and O–H groups in total. The van der Waals surface area contributed by atoms with E-state index in [0.717, 1.165) is 0 Å². The highest BCUT2D eigenvalue weighted by molar-refractivity contribution is 6.01. The van der Waals surface area contributed by atoms with Gasteiger partial charge in [0.2, 0.25) is 6.08 Å². The smallest absolute Gasteiger partial charge is 0.235 e. The molecule has 2 rings (SSSR count). The number of carbonyl (C=O) groups excluding carboxylic acids is 3. The fourth-order valence-corrected chi connectivity index (χ4v) is 2.44. The van der Waals surface area contributed by atoms with E-state index >= 15 is 0 Å². The first-order valence-electron chi connectivity index (χ1n) is 9.30. The van der Waals surface area contributed by atoms with Crippen molar-refractivity contribution in [3.8, 4) is 0 Å². The van der Waals surface area contributed by atoms with Gasteiger partial charge >= 0.3 is 0 Å². The molecule has 0 aliphatic heterocycles. The van der Waals surface area contributed by atoms with Crippen LogP contribution in [0.1, 0.15) is 48.4 Å². The summed E-state index contributed by atoms with van der Waals surface area (Å²) < 4.78 is 0. The van der Waals surface area contributed by atoms with E-state index in [1.54, 1.807) is 36.4 Å². The third-order valence-corrected chi connectivity index (χ3v) is 4.23. The van der Waals surface area contributed by atoms with Crippen molar-refractivity contribution in [2.45, 2.75) is 39.8 Å². The summed E-state index contributed by atoms with van der Waals surface area (Å²) >= 11 is 0. The fraction of sp³-hybridized carbons (Fsp3) is 0.348. The summed E-state index contributed by atoms with van der Waals surface area (Å²) in [7, 11) is 0. The zero-order valence-electron chi connectivity index (χ0n) is 17.2. The number of aliphatic imine (C=N–C) groups is 1. The molecular weight excluding hydrogens is 388 g/mol. The van der Waals surface area contributed by atoms with Gasteiger partial charge in [0.15, 0.2) is 11.6 Å². The van der Waals surface area contributed by atoms with Gasteiger partial charge in [-0.2, -0.15) is 4.99 Å². The topological polar surface area (TPSA) is 89.6 Å². The molecule has 0 saturated heterocycles. The van der Waals surface area contributed by atoms with Crippen LogP contribution >= 0.6 is 12.4 Å². The highest BCUT2D eigenvalue weighted by Crippen LogP contribution is 2.13. The van der Waals surface area contributed by atoms with Gasteiger partial charge in [0.25, 0.3) is 0 Å². The molecule has 2 aromatic carbocycles. The quantitative estimate of drug-likeness (QED) is 0.408. The van der Waals surface area contributed by atoms with Crippen molar-refractivity contribution < 1.29 is 14.4 Å². The van der Waals surface area contributed by atoms with Crippen molar-refractivity contribution in [3.63, 3.8) is 0 Å². The lowest BCUT2D eigenvalue weighted by Crippen LogP contribution is -2.35. The second-order valence-corrected chi connectivity index (χ2v) is 7.14. The molecule has 0 bridgehead atoms. The summed E-state index contributed by atoms with van der Waals surface area (Å²) in [5.41, 5.74) is 7.02. The second-order valence-electron chi connectivity index (χ2n) is 7.14. The minimum atomic E-state index is -0.620. The maximum Gasteiger partial charge on any atom is 0.235 e. The van der Waals surface area contributed by atoms with Crippen LogP contribution in [0.4, 0.5) is 0 Å². The van der Waals surface area contributed by atoms with Crippen molar-refractivity contribution in [2.75, 3.05) is 0 Å². The Morgan fingerprint density at radius 1 is 0.793 bits per heavy atom. The molecule has 0 radical (unpaired) electrons. The predicted octanol–water partition coefficient (Wildman–Crippen LogP) is 4.50. The van der Waals surface area contributed by atoms with Gasteiger partial charge in [0.05, 0.1) is 6.04 Å². The molecule has 0 amide bonds. The molecule has 5 nitrogen and oxygen atoms in total. The molecule has 0 aromatic heterocycles. The van der Waals surface area contributed by atoms with Gasteiger partial charge in [-0.25, -0.2) is 4.79 Å². The van der Waals surface area contributed by atoms with Crippen LogP contribution in [0.3, 0.4) is 0 Å². The normalized spacial score (nSPS) is 12.0. The Kier molecular flexibility index (Phi) is 12.4. The van der Waals surface area contributed by atoms with E-state index in [-0.39, 0.29) is 41.9 Å². The highest BCUT2D eigenvalue weighted by Gasteiger charge is 2.22. The Bertz CT molecular complexity index is 801. The van der Waals surface area contributed by atoms with E-state index < -0.39 is 6.04 Å².